The molecule has 0 aliphatic heterocycles. The van der Waals surface area contributed by atoms with E-state index in [9.17, 15) is 9.59 Å². The summed E-state index contributed by atoms with van der Waals surface area (Å²) in [5.74, 6) is -0.844. The van der Waals surface area contributed by atoms with Crippen LogP contribution in [-0.4, -0.2) is 53.5 Å². The SMILES string of the molecule is CCN(CC)C(=O)C(c1ccccc1)N(C)CCC(=O)O.Cl. The van der Waals surface area contributed by atoms with E-state index in [-0.39, 0.29) is 24.7 Å². The largest absolute Gasteiger partial charge is 0.481 e. The molecule has 0 radical (unpaired) electrons. The van der Waals surface area contributed by atoms with Crippen molar-refractivity contribution in [3.63, 3.8) is 0 Å². The molecule has 0 saturated heterocycles. The molecule has 1 aromatic carbocycles. The van der Waals surface area contributed by atoms with Gasteiger partial charge in [0.1, 0.15) is 6.04 Å². The number of benzene rings is 1. The molecule has 0 fully saturated rings. The lowest BCUT2D eigenvalue weighted by Crippen LogP contribution is -2.42. The minimum absolute atomic E-state index is 0. The molecule has 1 atom stereocenters. The number of carbonyl (C=O) groups is 2. The lowest BCUT2D eigenvalue weighted by Gasteiger charge is -2.31. The van der Waals surface area contributed by atoms with Crippen molar-refractivity contribution >= 4 is 24.3 Å². The second-order valence-electron chi connectivity index (χ2n) is 4.95. The first kappa shape index (κ1) is 20.4. The van der Waals surface area contributed by atoms with Crippen LogP contribution in [0.15, 0.2) is 30.3 Å². The fourth-order valence-electron chi connectivity index (χ4n) is 2.33. The van der Waals surface area contributed by atoms with Crippen molar-refractivity contribution in [3.8, 4) is 0 Å². The Morgan fingerprint density at radius 2 is 1.68 bits per heavy atom. The van der Waals surface area contributed by atoms with Crippen LogP contribution in [0.3, 0.4) is 0 Å². The summed E-state index contributed by atoms with van der Waals surface area (Å²) in [4.78, 5) is 27.1. The van der Waals surface area contributed by atoms with E-state index in [2.05, 4.69) is 0 Å². The maximum Gasteiger partial charge on any atom is 0.304 e. The van der Waals surface area contributed by atoms with Gasteiger partial charge in [0.2, 0.25) is 5.91 Å². The highest BCUT2D eigenvalue weighted by atomic mass is 35.5. The molecule has 22 heavy (non-hydrogen) atoms. The third-order valence-electron chi connectivity index (χ3n) is 3.54. The van der Waals surface area contributed by atoms with Gasteiger partial charge in [-0.25, -0.2) is 0 Å². The standard InChI is InChI=1S/C16H24N2O3.ClH/c1-4-18(5-2)16(21)15(13-9-7-6-8-10-13)17(3)12-11-14(19)20;/h6-10,15H,4-5,11-12H2,1-3H3,(H,19,20);1H. The Morgan fingerprint density at radius 3 is 2.14 bits per heavy atom. The molecule has 1 N–H and O–H groups in total. The summed E-state index contributed by atoms with van der Waals surface area (Å²) >= 11 is 0. The van der Waals surface area contributed by atoms with Crippen molar-refractivity contribution in [1.82, 2.24) is 9.80 Å². The number of carboxylic acid groups (broad SMARTS) is 1. The summed E-state index contributed by atoms with van der Waals surface area (Å²) in [6, 6.07) is 9.06. The van der Waals surface area contributed by atoms with Crippen molar-refractivity contribution in [3.05, 3.63) is 35.9 Å². The smallest absolute Gasteiger partial charge is 0.304 e. The van der Waals surface area contributed by atoms with Gasteiger partial charge in [-0.2, -0.15) is 0 Å². The first-order chi connectivity index (χ1) is 10.0. The monoisotopic (exact) mass is 328 g/mol. The predicted octanol–water partition coefficient (Wildman–Crippen LogP) is 2.42. The van der Waals surface area contributed by atoms with Crippen LogP contribution in [0.1, 0.15) is 31.9 Å². The van der Waals surface area contributed by atoms with E-state index in [1.807, 2.05) is 49.1 Å². The van der Waals surface area contributed by atoms with Gasteiger partial charge in [0.15, 0.2) is 0 Å². The summed E-state index contributed by atoms with van der Waals surface area (Å²) in [7, 11) is 1.79. The van der Waals surface area contributed by atoms with Crippen LogP contribution >= 0.6 is 12.4 Å². The minimum atomic E-state index is -0.857. The van der Waals surface area contributed by atoms with Crippen LogP contribution in [0.5, 0.6) is 0 Å². The highest BCUT2D eigenvalue weighted by Gasteiger charge is 2.28. The molecule has 6 heteroatoms. The molecule has 0 aromatic heterocycles. The number of hydrogen-bond donors (Lipinski definition) is 1. The van der Waals surface area contributed by atoms with E-state index in [1.165, 1.54) is 0 Å². The van der Waals surface area contributed by atoms with Crippen LogP contribution in [0, 0.1) is 0 Å². The van der Waals surface area contributed by atoms with Crippen molar-refractivity contribution in [2.75, 3.05) is 26.7 Å². The van der Waals surface area contributed by atoms with E-state index in [4.69, 9.17) is 5.11 Å². The highest BCUT2D eigenvalue weighted by molar-refractivity contribution is 5.85. The molecule has 5 nitrogen and oxygen atoms in total. The zero-order chi connectivity index (χ0) is 15.8. The van der Waals surface area contributed by atoms with Crippen molar-refractivity contribution < 1.29 is 14.7 Å². The van der Waals surface area contributed by atoms with Crippen molar-refractivity contribution in [2.24, 2.45) is 0 Å². The van der Waals surface area contributed by atoms with Crippen molar-refractivity contribution in [1.29, 1.82) is 0 Å². The zero-order valence-electron chi connectivity index (χ0n) is 13.4. The van der Waals surface area contributed by atoms with Crippen LogP contribution in [0.2, 0.25) is 0 Å². The number of amides is 1. The Hall–Kier alpha value is -1.59. The van der Waals surface area contributed by atoms with E-state index in [1.54, 1.807) is 11.9 Å². The number of nitrogens with zero attached hydrogens (tertiary/aromatic N) is 2. The number of halogens is 1. The van der Waals surface area contributed by atoms with Crippen LogP contribution in [0.4, 0.5) is 0 Å². The normalized spacial score (nSPS) is 11.6. The maximum atomic E-state index is 12.7. The molecule has 0 aliphatic carbocycles. The lowest BCUT2D eigenvalue weighted by molar-refractivity contribution is -0.140. The average Bonchev–Trinajstić information content (AvgIpc) is 2.48. The number of carboxylic acids is 1. The summed E-state index contributed by atoms with van der Waals surface area (Å²) in [5, 5.41) is 8.83. The first-order valence-electron chi connectivity index (χ1n) is 7.27. The van der Waals surface area contributed by atoms with E-state index in [0.717, 1.165) is 5.56 Å². The second-order valence-corrected chi connectivity index (χ2v) is 4.95. The molecule has 0 saturated carbocycles. The van der Waals surface area contributed by atoms with Gasteiger partial charge in [-0.1, -0.05) is 30.3 Å². The van der Waals surface area contributed by atoms with Crippen LogP contribution < -0.4 is 0 Å². The Morgan fingerprint density at radius 1 is 1.14 bits per heavy atom. The molecule has 1 unspecified atom stereocenters. The van der Waals surface area contributed by atoms with Gasteiger partial charge in [-0.15, -0.1) is 12.4 Å². The molecule has 1 rings (SSSR count). The Bertz CT molecular complexity index is 464. The lowest BCUT2D eigenvalue weighted by atomic mass is 10.0. The van der Waals surface area contributed by atoms with E-state index < -0.39 is 12.0 Å². The summed E-state index contributed by atoms with van der Waals surface area (Å²) in [6.07, 6.45) is 0.0192. The molecule has 0 heterocycles. The quantitative estimate of drug-likeness (QED) is 0.796. The van der Waals surface area contributed by atoms with Gasteiger partial charge in [-0.05, 0) is 26.5 Å². The van der Waals surface area contributed by atoms with Gasteiger partial charge in [0.25, 0.3) is 0 Å². The first-order valence-corrected chi connectivity index (χ1v) is 7.27. The summed E-state index contributed by atoms with van der Waals surface area (Å²) in [6.45, 7) is 5.51. The number of likely N-dealkylation sites (N-methyl/N-ethyl adjacent to an activating group) is 2. The zero-order valence-corrected chi connectivity index (χ0v) is 14.2. The number of hydrogen-bond acceptors (Lipinski definition) is 3. The molecule has 1 amide bonds. The Balaban J connectivity index is 0.00000441. The van der Waals surface area contributed by atoms with Gasteiger partial charge < -0.3 is 10.0 Å². The predicted molar refractivity (Wildman–Crippen MR) is 89.2 cm³/mol. The number of carbonyl (C=O) groups excluding carboxylic acids is 1. The second kappa shape index (κ2) is 10.2. The van der Waals surface area contributed by atoms with E-state index >= 15 is 0 Å². The minimum Gasteiger partial charge on any atom is -0.481 e. The van der Waals surface area contributed by atoms with Crippen molar-refractivity contribution in [2.45, 2.75) is 26.3 Å². The fraction of sp³-hybridized carbons (Fsp3) is 0.500. The summed E-state index contributed by atoms with van der Waals surface area (Å²) < 4.78 is 0. The molecule has 0 aliphatic rings. The van der Waals surface area contributed by atoms with E-state index in [0.29, 0.717) is 19.6 Å². The van der Waals surface area contributed by atoms with Crippen LogP contribution in [-0.2, 0) is 9.59 Å². The van der Waals surface area contributed by atoms with Gasteiger partial charge in [0, 0.05) is 19.6 Å². The third-order valence-corrected chi connectivity index (χ3v) is 3.54. The Kier molecular flexibility index (Phi) is 9.45. The molecule has 0 spiro atoms. The maximum absolute atomic E-state index is 12.7. The Labute approximate surface area is 138 Å². The number of aliphatic carboxylic acids is 1. The molecule has 124 valence electrons. The summed E-state index contributed by atoms with van der Waals surface area (Å²) in [5.41, 5.74) is 0.891. The van der Waals surface area contributed by atoms with Gasteiger partial charge >= 0.3 is 5.97 Å². The average molecular weight is 329 g/mol. The topological polar surface area (TPSA) is 60.9 Å². The van der Waals surface area contributed by atoms with Crippen LogP contribution in [0.25, 0.3) is 0 Å². The fourth-order valence-corrected chi connectivity index (χ4v) is 2.33. The molecular formula is C16H25ClN2O3. The molecular weight excluding hydrogens is 304 g/mol. The van der Waals surface area contributed by atoms with Gasteiger partial charge in [0.05, 0.1) is 6.42 Å². The highest BCUT2D eigenvalue weighted by Crippen LogP contribution is 2.22. The third kappa shape index (κ3) is 5.66. The van der Waals surface area contributed by atoms with Gasteiger partial charge in [-0.3, -0.25) is 14.5 Å². The number of rotatable bonds is 8. The molecule has 1 aromatic rings. The molecule has 0 bridgehead atoms.